The Morgan fingerprint density at radius 2 is 1.71 bits per heavy atom. The van der Waals surface area contributed by atoms with E-state index in [-0.39, 0.29) is 23.0 Å². The molecule has 5 nitrogen and oxygen atoms in total. The van der Waals surface area contributed by atoms with Gasteiger partial charge in [0.1, 0.15) is 0 Å². The molecule has 0 aliphatic rings. The number of sulfone groups is 1. The number of para-hydroxylation sites is 1. The van der Waals surface area contributed by atoms with E-state index in [0.29, 0.717) is 6.54 Å². The molecule has 0 atom stereocenters. The fraction of sp³-hybridized carbons (Fsp3) is 0.167. The molecule has 0 aliphatic carbocycles. The molecule has 1 amide bonds. The van der Waals surface area contributed by atoms with Crippen LogP contribution in [0.3, 0.4) is 0 Å². The van der Waals surface area contributed by atoms with Gasteiger partial charge in [0.05, 0.1) is 10.6 Å². The molecule has 3 rings (SSSR count). The number of fused-ring (bicyclic) bond motifs is 1. The monoisotopic (exact) mass is 342 g/mol. The number of amides is 1. The van der Waals surface area contributed by atoms with Crippen LogP contribution in [0.2, 0.25) is 0 Å². The van der Waals surface area contributed by atoms with E-state index < -0.39 is 9.84 Å². The van der Waals surface area contributed by atoms with Gasteiger partial charge in [0.25, 0.3) is 0 Å². The smallest absolute Gasteiger partial charge is 0.221 e. The van der Waals surface area contributed by atoms with Crippen LogP contribution in [0, 0.1) is 0 Å². The molecule has 0 aliphatic heterocycles. The molecule has 0 bridgehead atoms. The molecule has 0 saturated carbocycles. The average Bonchev–Trinajstić information content (AvgIpc) is 3.02. The highest BCUT2D eigenvalue weighted by atomic mass is 32.2. The number of hydrogen-bond donors (Lipinski definition) is 2. The molecular weight excluding hydrogens is 324 g/mol. The molecule has 1 aromatic heterocycles. The number of carbonyl (C=O) groups excluding carboxylic acids is 1. The van der Waals surface area contributed by atoms with Crippen molar-refractivity contribution in [3.63, 3.8) is 0 Å². The van der Waals surface area contributed by atoms with Gasteiger partial charge in [-0.3, -0.25) is 4.79 Å². The van der Waals surface area contributed by atoms with Crippen molar-refractivity contribution in [2.45, 2.75) is 17.9 Å². The summed E-state index contributed by atoms with van der Waals surface area (Å²) in [6.07, 6.45) is 1.80. The van der Waals surface area contributed by atoms with Crippen LogP contribution in [0.15, 0.2) is 65.7 Å². The van der Waals surface area contributed by atoms with E-state index in [1.54, 1.807) is 30.3 Å². The number of carbonyl (C=O) groups is 1. The number of aromatic nitrogens is 1. The molecule has 124 valence electrons. The van der Waals surface area contributed by atoms with Gasteiger partial charge in [-0.15, -0.1) is 0 Å². The van der Waals surface area contributed by atoms with Crippen LogP contribution in [0.25, 0.3) is 10.9 Å². The fourth-order valence-corrected chi connectivity index (χ4v) is 3.79. The summed E-state index contributed by atoms with van der Waals surface area (Å²) in [7, 11) is -3.43. The third-order valence-corrected chi connectivity index (χ3v) is 5.58. The summed E-state index contributed by atoms with van der Waals surface area (Å²) in [5, 5.41) is 3.83. The van der Waals surface area contributed by atoms with Crippen molar-refractivity contribution in [1.29, 1.82) is 0 Å². The lowest BCUT2D eigenvalue weighted by atomic mass is 10.2. The molecule has 2 aromatic carbocycles. The topological polar surface area (TPSA) is 79.0 Å². The lowest BCUT2D eigenvalue weighted by Crippen LogP contribution is -2.25. The highest BCUT2D eigenvalue weighted by molar-refractivity contribution is 7.91. The maximum atomic E-state index is 12.2. The van der Waals surface area contributed by atoms with Gasteiger partial charge in [-0.25, -0.2) is 8.42 Å². The Morgan fingerprint density at radius 3 is 2.50 bits per heavy atom. The molecule has 1 heterocycles. The molecular formula is C18H18N2O3S. The Hall–Kier alpha value is -2.60. The summed E-state index contributed by atoms with van der Waals surface area (Å²) in [6, 6.07) is 16.0. The predicted molar refractivity (Wildman–Crippen MR) is 93.3 cm³/mol. The Bertz CT molecular complexity index is 947. The third-order valence-electron chi connectivity index (χ3n) is 3.85. The molecule has 0 fully saturated rings. The number of benzene rings is 2. The second-order valence-corrected chi connectivity index (χ2v) is 7.63. The van der Waals surface area contributed by atoms with Crippen molar-refractivity contribution in [2.24, 2.45) is 0 Å². The van der Waals surface area contributed by atoms with Crippen molar-refractivity contribution >= 4 is 26.6 Å². The number of hydrogen-bond acceptors (Lipinski definition) is 3. The van der Waals surface area contributed by atoms with Gasteiger partial charge in [0.2, 0.25) is 5.91 Å². The zero-order valence-corrected chi connectivity index (χ0v) is 13.8. The minimum atomic E-state index is -3.43. The largest absolute Gasteiger partial charge is 0.361 e. The summed E-state index contributed by atoms with van der Waals surface area (Å²) in [5.41, 5.74) is 1.98. The quantitative estimate of drug-likeness (QED) is 0.723. The third kappa shape index (κ3) is 3.65. The van der Waals surface area contributed by atoms with Crippen molar-refractivity contribution < 1.29 is 13.2 Å². The highest BCUT2D eigenvalue weighted by Crippen LogP contribution is 2.17. The number of nitrogens with one attached hydrogen (secondary N) is 2. The van der Waals surface area contributed by atoms with Crippen LogP contribution in [0.5, 0.6) is 0 Å². The Balaban J connectivity index is 1.57. The Kier molecular flexibility index (Phi) is 4.66. The first-order valence-electron chi connectivity index (χ1n) is 7.66. The van der Waals surface area contributed by atoms with Crippen LogP contribution < -0.4 is 5.32 Å². The van der Waals surface area contributed by atoms with Crippen molar-refractivity contribution in [1.82, 2.24) is 10.3 Å². The van der Waals surface area contributed by atoms with Crippen LogP contribution in [0.4, 0.5) is 0 Å². The highest BCUT2D eigenvalue weighted by Gasteiger charge is 2.16. The van der Waals surface area contributed by atoms with Crippen LogP contribution in [-0.4, -0.2) is 25.1 Å². The molecule has 3 aromatic rings. The van der Waals surface area contributed by atoms with E-state index in [1.165, 1.54) is 0 Å². The van der Waals surface area contributed by atoms with E-state index >= 15 is 0 Å². The Morgan fingerprint density at radius 1 is 1.00 bits per heavy atom. The average molecular weight is 342 g/mol. The first-order valence-corrected chi connectivity index (χ1v) is 9.31. The van der Waals surface area contributed by atoms with Crippen molar-refractivity contribution in [2.75, 3.05) is 5.75 Å². The first-order chi connectivity index (χ1) is 11.6. The minimum absolute atomic E-state index is 0.0560. The van der Waals surface area contributed by atoms with Gasteiger partial charge >= 0.3 is 0 Å². The molecule has 0 spiro atoms. The van der Waals surface area contributed by atoms with Crippen LogP contribution >= 0.6 is 0 Å². The van der Waals surface area contributed by atoms with Gasteiger partial charge < -0.3 is 10.3 Å². The summed E-state index contributed by atoms with van der Waals surface area (Å²) >= 11 is 0. The van der Waals surface area contributed by atoms with E-state index in [0.717, 1.165) is 16.5 Å². The van der Waals surface area contributed by atoms with Gasteiger partial charge in [-0.05, 0) is 23.8 Å². The number of aromatic amines is 1. The summed E-state index contributed by atoms with van der Waals surface area (Å²) in [5.74, 6) is -0.476. The van der Waals surface area contributed by atoms with Gasteiger partial charge in [0.15, 0.2) is 9.84 Å². The summed E-state index contributed by atoms with van der Waals surface area (Å²) in [4.78, 5) is 15.4. The van der Waals surface area contributed by atoms with Gasteiger partial charge in [-0.2, -0.15) is 0 Å². The zero-order chi connectivity index (χ0) is 17.0. The van der Waals surface area contributed by atoms with Crippen molar-refractivity contribution in [3.05, 3.63) is 66.4 Å². The second kappa shape index (κ2) is 6.88. The molecule has 6 heteroatoms. The van der Waals surface area contributed by atoms with E-state index in [1.807, 2.05) is 30.5 Å². The maximum Gasteiger partial charge on any atom is 0.221 e. The van der Waals surface area contributed by atoms with E-state index in [2.05, 4.69) is 10.3 Å². The fourth-order valence-electron chi connectivity index (χ4n) is 2.53. The maximum absolute atomic E-state index is 12.2. The second-order valence-electron chi connectivity index (χ2n) is 5.52. The van der Waals surface area contributed by atoms with E-state index in [4.69, 9.17) is 0 Å². The van der Waals surface area contributed by atoms with Crippen LogP contribution in [0.1, 0.15) is 12.0 Å². The standard InChI is InChI=1S/C18H18N2O3S/c21-18(10-11-24(22,23)15-6-2-1-3-7-15)20-13-14-12-19-17-9-5-4-8-16(14)17/h1-9,12,19H,10-11,13H2,(H,20,21). The Labute approximate surface area is 140 Å². The number of H-pyrrole nitrogens is 1. The number of rotatable bonds is 6. The molecule has 0 saturated heterocycles. The predicted octanol–water partition coefficient (Wildman–Crippen LogP) is 2.65. The van der Waals surface area contributed by atoms with Crippen molar-refractivity contribution in [3.8, 4) is 0 Å². The van der Waals surface area contributed by atoms with Gasteiger partial charge in [0, 0.05) is 30.1 Å². The molecule has 0 unspecified atom stereocenters. The van der Waals surface area contributed by atoms with Crippen LogP contribution in [-0.2, 0) is 21.2 Å². The van der Waals surface area contributed by atoms with Gasteiger partial charge in [-0.1, -0.05) is 36.4 Å². The minimum Gasteiger partial charge on any atom is -0.361 e. The molecule has 2 N–H and O–H groups in total. The first kappa shape index (κ1) is 16.3. The zero-order valence-electron chi connectivity index (χ0n) is 13.0. The summed E-state index contributed by atoms with van der Waals surface area (Å²) in [6.45, 7) is 0.369. The lowest BCUT2D eigenvalue weighted by molar-refractivity contribution is -0.120. The summed E-state index contributed by atoms with van der Waals surface area (Å²) < 4.78 is 24.3. The SMILES string of the molecule is O=C(CCS(=O)(=O)c1ccccc1)NCc1c[nH]c2ccccc12. The molecule has 24 heavy (non-hydrogen) atoms. The molecule has 0 radical (unpaired) electrons. The lowest BCUT2D eigenvalue weighted by Gasteiger charge is -2.06. The van der Waals surface area contributed by atoms with E-state index in [9.17, 15) is 13.2 Å². The normalized spacial score (nSPS) is 11.5.